The lowest BCUT2D eigenvalue weighted by atomic mass is 10.1. The van der Waals surface area contributed by atoms with Gasteiger partial charge >= 0.3 is 6.01 Å². The first-order valence-electron chi connectivity index (χ1n) is 7.81. The fourth-order valence-corrected chi connectivity index (χ4v) is 2.28. The van der Waals surface area contributed by atoms with Crippen molar-refractivity contribution in [3.8, 4) is 0 Å². The van der Waals surface area contributed by atoms with Gasteiger partial charge < -0.3 is 4.42 Å². The van der Waals surface area contributed by atoms with E-state index in [0.717, 1.165) is 5.56 Å². The zero-order valence-electron chi connectivity index (χ0n) is 13.9. The SMILES string of the molecule is CC(=O)c1ccc(C(=O)Nc2nnc(Cc3ccc(C)cc3)o2)cc1. The maximum Gasteiger partial charge on any atom is 0.322 e. The van der Waals surface area contributed by atoms with Crippen molar-refractivity contribution >= 4 is 17.7 Å². The molecule has 0 aliphatic carbocycles. The highest BCUT2D eigenvalue weighted by Gasteiger charge is 2.12. The zero-order valence-corrected chi connectivity index (χ0v) is 13.9. The monoisotopic (exact) mass is 335 g/mol. The Morgan fingerprint density at radius 3 is 2.24 bits per heavy atom. The molecule has 25 heavy (non-hydrogen) atoms. The number of hydrogen-bond acceptors (Lipinski definition) is 5. The van der Waals surface area contributed by atoms with Gasteiger partial charge in [0.05, 0.1) is 6.42 Å². The molecule has 6 nitrogen and oxygen atoms in total. The molecule has 0 aliphatic heterocycles. The van der Waals surface area contributed by atoms with Crippen LogP contribution in [-0.2, 0) is 6.42 Å². The summed E-state index contributed by atoms with van der Waals surface area (Å²) in [6.45, 7) is 3.50. The molecule has 1 N–H and O–H groups in total. The van der Waals surface area contributed by atoms with Crippen molar-refractivity contribution in [3.05, 3.63) is 76.7 Å². The van der Waals surface area contributed by atoms with Crippen molar-refractivity contribution in [3.63, 3.8) is 0 Å². The number of carbonyl (C=O) groups excluding carboxylic acids is 2. The molecule has 0 saturated carbocycles. The van der Waals surface area contributed by atoms with Gasteiger partial charge in [0, 0.05) is 11.1 Å². The highest BCUT2D eigenvalue weighted by atomic mass is 16.4. The molecule has 0 unspecified atom stereocenters. The van der Waals surface area contributed by atoms with Crippen LogP contribution in [0.1, 0.15) is 44.7 Å². The van der Waals surface area contributed by atoms with E-state index in [1.54, 1.807) is 24.3 Å². The molecule has 3 rings (SSSR count). The number of carbonyl (C=O) groups is 2. The Morgan fingerprint density at radius 1 is 0.960 bits per heavy atom. The molecule has 0 saturated heterocycles. The second-order valence-electron chi connectivity index (χ2n) is 5.75. The van der Waals surface area contributed by atoms with E-state index in [0.29, 0.717) is 23.4 Å². The van der Waals surface area contributed by atoms with Crippen LogP contribution in [0.5, 0.6) is 0 Å². The molecular weight excluding hydrogens is 318 g/mol. The van der Waals surface area contributed by atoms with Gasteiger partial charge in [-0.2, -0.15) is 0 Å². The molecule has 0 bridgehead atoms. The molecule has 0 atom stereocenters. The number of aryl methyl sites for hydroxylation is 1. The lowest BCUT2D eigenvalue weighted by Gasteiger charge is -2.01. The van der Waals surface area contributed by atoms with Crippen LogP contribution in [0.25, 0.3) is 0 Å². The number of hydrogen-bond donors (Lipinski definition) is 1. The van der Waals surface area contributed by atoms with E-state index < -0.39 is 0 Å². The molecule has 0 fully saturated rings. The maximum absolute atomic E-state index is 12.2. The Kier molecular flexibility index (Phi) is 4.70. The first kappa shape index (κ1) is 16.6. The summed E-state index contributed by atoms with van der Waals surface area (Å²) in [5.41, 5.74) is 3.18. The zero-order chi connectivity index (χ0) is 17.8. The molecule has 2 aromatic carbocycles. The van der Waals surface area contributed by atoms with Gasteiger partial charge in [-0.1, -0.05) is 47.1 Å². The van der Waals surface area contributed by atoms with Crippen LogP contribution in [0.3, 0.4) is 0 Å². The average molecular weight is 335 g/mol. The highest BCUT2D eigenvalue weighted by molar-refractivity contribution is 6.04. The van der Waals surface area contributed by atoms with E-state index in [-0.39, 0.29) is 17.7 Å². The first-order valence-corrected chi connectivity index (χ1v) is 7.81. The second-order valence-corrected chi connectivity index (χ2v) is 5.75. The van der Waals surface area contributed by atoms with Gasteiger partial charge in [0.15, 0.2) is 5.78 Å². The van der Waals surface area contributed by atoms with E-state index in [1.807, 2.05) is 31.2 Å². The van der Waals surface area contributed by atoms with Crippen molar-refractivity contribution < 1.29 is 14.0 Å². The van der Waals surface area contributed by atoms with E-state index in [4.69, 9.17) is 4.42 Å². The Hall–Kier alpha value is -3.28. The van der Waals surface area contributed by atoms with Gasteiger partial charge in [0.2, 0.25) is 5.89 Å². The molecule has 1 heterocycles. The number of ketones is 1. The summed E-state index contributed by atoms with van der Waals surface area (Å²) in [4.78, 5) is 23.4. The molecule has 6 heteroatoms. The molecule has 3 aromatic rings. The van der Waals surface area contributed by atoms with E-state index in [2.05, 4.69) is 15.5 Å². The highest BCUT2D eigenvalue weighted by Crippen LogP contribution is 2.13. The largest absolute Gasteiger partial charge is 0.407 e. The molecule has 126 valence electrons. The standard InChI is InChI=1S/C19H17N3O3/c1-12-3-5-14(6-4-12)11-17-21-22-19(25-17)20-18(24)16-9-7-15(8-10-16)13(2)23/h3-10H,11H2,1-2H3,(H,20,22,24). The molecular formula is C19H17N3O3. The lowest BCUT2D eigenvalue weighted by Crippen LogP contribution is -2.12. The van der Waals surface area contributed by atoms with Gasteiger partial charge in [-0.25, -0.2) is 0 Å². The van der Waals surface area contributed by atoms with Crippen LogP contribution in [0, 0.1) is 6.92 Å². The normalized spacial score (nSPS) is 10.5. The summed E-state index contributed by atoms with van der Waals surface area (Å²) in [6, 6.07) is 14.4. The Bertz CT molecular complexity index is 896. The van der Waals surface area contributed by atoms with E-state index >= 15 is 0 Å². The Labute approximate surface area is 144 Å². The fourth-order valence-electron chi connectivity index (χ4n) is 2.28. The maximum atomic E-state index is 12.2. The molecule has 0 radical (unpaired) electrons. The van der Waals surface area contributed by atoms with Crippen LogP contribution in [0.2, 0.25) is 0 Å². The number of aromatic nitrogens is 2. The molecule has 1 amide bonds. The minimum atomic E-state index is -0.374. The average Bonchev–Trinajstić information content (AvgIpc) is 3.04. The summed E-state index contributed by atoms with van der Waals surface area (Å²) in [5.74, 6) is -0.00340. The Morgan fingerprint density at radius 2 is 1.60 bits per heavy atom. The quantitative estimate of drug-likeness (QED) is 0.722. The summed E-state index contributed by atoms with van der Waals surface area (Å²) < 4.78 is 5.46. The fraction of sp³-hybridized carbons (Fsp3) is 0.158. The number of anilines is 1. The number of rotatable bonds is 5. The van der Waals surface area contributed by atoms with Gasteiger partial charge in [0.1, 0.15) is 0 Å². The summed E-state index contributed by atoms with van der Waals surface area (Å²) >= 11 is 0. The summed E-state index contributed by atoms with van der Waals surface area (Å²) in [5, 5.41) is 10.3. The molecule has 1 aromatic heterocycles. The van der Waals surface area contributed by atoms with Crippen LogP contribution >= 0.6 is 0 Å². The third-order valence-electron chi connectivity index (χ3n) is 3.72. The van der Waals surface area contributed by atoms with Crippen molar-refractivity contribution in [1.82, 2.24) is 10.2 Å². The number of nitrogens with one attached hydrogen (secondary N) is 1. The minimum Gasteiger partial charge on any atom is -0.407 e. The third kappa shape index (κ3) is 4.17. The number of amides is 1. The van der Waals surface area contributed by atoms with Gasteiger partial charge in [-0.05, 0) is 31.5 Å². The summed E-state index contributed by atoms with van der Waals surface area (Å²) in [7, 11) is 0. The molecule has 0 aliphatic rings. The molecule has 0 spiro atoms. The topological polar surface area (TPSA) is 85.1 Å². The van der Waals surface area contributed by atoms with Crippen molar-refractivity contribution in [2.24, 2.45) is 0 Å². The summed E-state index contributed by atoms with van der Waals surface area (Å²) in [6.07, 6.45) is 0.496. The van der Waals surface area contributed by atoms with Gasteiger partial charge in [0.25, 0.3) is 5.91 Å². The smallest absolute Gasteiger partial charge is 0.322 e. The van der Waals surface area contributed by atoms with Crippen LogP contribution < -0.4 is 5.32 Å². The van der Waals surface area contributed by atoms with Gasteiger partial charge in [-0.3, -0.25) is 14.9 Å². The predicted octanol–water partition coefficient (Wildman–Crippen LogP) is 3.42. The first-order chi connectivity index (χ1) is 12.0. The van der Waals surface area contributed by atoms with Crippen LogP contribution in [0.15, 0.2) is 52.9 Å². The predicted molar refractivity (Wildman–Crippen MR) is 92.7 cm³/mol. The van der Waals surface area contributed by atoms with Crippen molar-refractivity contribution in [1.29, 1.82) is 0 Å². The van der Waals surface area contributed by atoms with Crippen LogP contribution in [0.4, 0.5) is 6.01 Å². The Balaban J connectivity index is 1.65. The number of nitrogens with zero attached hydrogens (tertiary/aromatic N) is 2. The van der Waals surface area contributed by atoms with E-state index in [9.17, 15) is 9.59 Å². The van der Waals surface area contributed by atoms with E-state index in [1.165, 1.54) is 12.5 Å². The number of Topliss-reactive ketones (excluding diaryl/α,β-unsaturated/α-hetero) is 1. The van der Waals surface area contributed by atoms with Gasteiger partial charge in [-0.15, -0.1) is 5.10 Å². The second kappa shape index (κ2) is 7.09. The lowest BCUT2D eigenvalue weighted by molar-refractivity contribution is 0.100. The minimum absolute atomic E-state index is 0.0442. The van der Waals surface area contributed by atoms with Crippen LogP contribution in [-0.4, -0.2) is 21.9 Å². The van der Waals surface area contributed by atoms with Crippen molar-refractivity contribution in [2.75, 3.05) is 5.32 Å². The van der Waals surface area contributed by atoms with Crippen molar-refractivity contribution in [2.45, 2.75) is 20.3 Å². The number of benzene rings is 2. The third-order valence-corrected chi connectivity index (χ3v) is 3.72.